The molecule has 170 valence electrons. The molecule has 4 rings (SSSR count). The molecule has 0 atom stereocenters. The van der Waals surface area contributed by atoms with E-state index in [1.807, 2.05) is 55.5 Å². The highest BCUT2D eigenvalue weighted by Crippen LogP contribution is 2.29. The Morgan fingerprint density at radius 2 is 1.88 bits per heavy atom. The number of benzene rings is 2. The van der Waals surface area contributed by atoms with Gasteiger partial charge in [-0.25, -0.2) is 0 Å². The van der Waals surface area contributed by atoms with Gasteiger partial charge in [-0.2, -0.15) is 9.50 Å². The standard InChI is InChI=1S/C25H25N3O4S/c1-4-13-31-19-10-8-18(9-11-19)23-26-25-28(27-23)24(29)22(33-25)16-17-7-12-20(32-14-5-2)21(15-17)30-6-3/h4,7-12,15-16H,1,5-6,13-14H2,2-3H3/b22-16+. The summed E-state index contributed by atoms with van der Waals surface area (Å²) in [5, 5.41) is 4.41. The van der Waals surface area contributed by atoms with E-state index < -0.39 is 0 Å². The van der Waals surface area contributed by atoms with E-state index in [1.54, 1.807) is 6.08 Å². The molecular weight excluding hydrogens is 438 g/mol. The highest BCUT2D eigenvalue weighted by atomic mass is 32.1. The quantitative estimate of drug-likeness (QED) is 0.330. The second-order valence-corrected chi connectivity index (χ2v) is 8.17. The number of nitrogens with zero attached hydrogens (tertiary/aromatic N) is 3. The third kappa shape index (κ3) is 5.06. The molecule has 0 aliphatic heterocycles. The van der Waals surface area contributed by atoms with Gasteiger partial charge in [-0.05, 0) is 61.4 Å². The van der Waals surface area contributed by atoms with Crippen LogP contribution >= 0.6 is 11.3 Å². The van der Waals surface area contributed by atoms with E-state index in [1.165, 1.54) is 15.9 Å². The Morgan fingerprint density at radius 1 is 1.06 bits per heavy atom. The Labute approximate surface area is 195 Å². The molecule has 8 heteroatoms. The van der Waals surface area contributed by atoms with Gasteiger partial charge in [-0.3, -0.25) is 4.79 Å². The second kappa shape index (κ2) is 10.3. The van der Waals surface area contributed by atoms with E-state index in [-0.39, 0.29) is 5.56 Å². The summed E-state index contributed by atoms with van der Waals surface area (Å²) in [4.78, 5) is 18.0. The summed E-state index contributed by atoms with van der Waals surface area (Å²) in [6.45, 7) is 9.21. The first-order valence-corrected chi connectivity index (χ1v) is 11.6. The molecule has 33 heavy (non-hydrogen) atoms. The summed E-state index contributed by atoms with van der Waals surface area (Å²) in [7, 11) is 0. The minimum absolute atomic E-state index is 0.205. The highest BCUT2D eigenvalue weighted by Gasteiger charge is 2.13. The monoisotopic (exact) mass is 463 g/mol. The highest BCUT2D eigenvalue weighted by molar-refractivity contribution is 7.15. The lowest BCUT2D eigenvalue weighted by Crippen LogP contribution is -2.23. The fourth-order valence-electron chi connectivity index (χ4n) is 3.18. The van der Waals surface area contributed by atoms with Crippen molar-refractivity contribution in [2.45, 2.75) is 20.3 Å². The number of fused-ring (bicyclic) bond motifs is 1. The van der Waals surface area contributed by atoms with Crippen LogP contribution in [0.3, 0.4) is 0 Å². The predicted molar refractivity (Wildman–Crippen MR) is 130 cm³/mol. The number of rotatable bonds is 10. The Hall–Kier alpha value is -3.65. The number of ether oxygens (including phenoxy) is 3. The molecule has 0 amide bonds. The Bertz CT molecular complexity index is 1360. The minimum Gasteiger partial charge on any atom is -0.490 e. The van der Waals surface area contributed by atoms with Crippen molar-refractivity contribution in [3.63, 3.8) is 0 Å². The fraction of sp³-hybridized carbons (Fsp3) is 0.240. The molecule has 2 heterocycles. The smallest absolute Gasteiger partial charge is 0.291 e. The normalized spacial score (nSPS) is 11.6. The predicted octanol–water partition coefficient (Wildman–Crippen LogP) is 4.12. The lowest BCUT2D eigenvalue weighted by Gasteiger charge is -2.11. The molecule has 4 aromatic rings. The van der Waals surface area contributed by atoms with Gasteiger partial charge in [0.05, 0.1) is 17.7 Å². The number of thiazole rings is 1. The van der Waals surface area contributed by atoms with Crippen molar-refractivity contribution >= 4 is 22.4 Å². The van der Waals surface area contributed by atoms with Gasteiger partial charge in [0.1, 0.15) is 12.4 Å². The second-order valence-electron chi connectivity index (χ2n) is 7.16. The molecular formula is C25H25N3O4S. The van der Waals surface area contributed by atoms with Crippen LogP contribution in [0.2, 0.25) is 0 Å². The summed E-state index contributed by atoms with van der Waals surface area (Å²) < 4.78 is 18.9. The Balaban J connectivity index is 1.63. The largest absolute Gasteiger partial charge is 0.490 e. The van der Waals surface area contributed by atoms with Crippen molar-refractivity contribution in [2.24, 2.45) is 0 Å². The van der Waals surface area contributed by atoms with Crippen molar-refractivity contribution in [2.75, 3.05) is 19.8 Å². The zero-order valence-corrected chi connectivity index (χ0v) is 19.4. The van der Waals surface area contributed by atoms with Crippen molar-refractivity contribution in [3.05, 3.63) is 75.6 Å². The molecule has 7 nitrogen and oxygen atoms in total. The maximum Gasteiger partial charge on any atom is 0.291 e. The average molecular weight is 464 g/mol. The number of aromatic nitrogens is 3. The molecule has 0 bridgehead atoms. The first-order chi connectivity index (χ1) is 16.1. The van der Waals surface area contributed by atoms with Crippen molar-refractivity contribution in [3.8, 4) is 28.6 Å². The van der Waals surface area contributed by atoms with Crippen LogP contribution in [0.4, 0.5) is 0 Å². The molecule has 0 spiro atoms. The van der Waals surface area contributed by atoms with E-state index in [2.05, 4.69) is 23.6 Å². The summed E-state index contributed by atoms with van der Waals surface area (Å²) >= 11 is 1.30. The molecule has 2 aromatic carbocycles. The molecule has 0 aliphatic rings. The van der Waals surface area contributed by atoms with Crippen molar-refractivity contribution < 1.29 is 14.2 Å². The molecule has 0 unspecified atom stereocenters. The molecule has 2 aromatic heterocycles. The van der Waals surface area contributed by atoms with Gasteiger partial charge in [0.15, 0.2) is 17.3 Å². The third-order valence-corrected chi connectivity index (χ3v) is 5.65. The molecule has 0 saturated heterocycles. The molecule has 0 aliphatic carbocycles. The van der Waals surface area contributed by atoms with Crippen LogP contribution in [-0.2, 0) is 0 Å². The lowest BCUT2D eigenvalue weighted by molar-refractivity contribution is 0.277. The van der Waals surface area contributed by atoms with Crippen molar-refractivity contribution in [1.29, 1.82) is 0 Å². The first kappa shape index (κ1) is 22.5. The fourth-order valence-corrected chi connectivity index (χ4v) is 4.08. The molecule has 0 fully saturated rings. The van der Waals surface area contributed by atoms with Crippen LogP contribution in [0, 0.1) is 0 Å². The van der Waals surface area contributed by atoms with Crippen LogP contribution in [0.25, 0.3) is 22.4 Å². The Kier molecular flexibility index (Phi) is 7.04. The van der Waals surface area contributed by atoms with E-state index in [0.29, 0.717) is 46.6 Å². The van der Waals surface area contributed by atoms with Gasteiger partial charge in [-0.1, -0.05) is 37.0 Å². The zero-order valence-electron chi connectivity index (χ0n) is 18.6. The average Bonchev–Trinajstić information content (AvgIpc) is 3.37. The number of hydrogen-bond acceptors (Lipinski definition) is 7. The van der Waals surface area contributed by atoms with Crippen LogP contribution in [-0.4, -0.2) is 34.4 Å². The van der Waals surface area contributed by atoms with Gasteiger partial charge >= 0.3 is 0 Å². The van der Waals surface area contributed by atoms with E-state index in [9.17, 15) is 4.79 Å². The maximum atomic E-state index is 12.9. The minimum atomic E-state index is -0.205. The van der Waals surface area contributed by atoms with Crippen LogP contribution in [0.5, 0.6) is 17.2 Å². The number of hydrogen-bond donors (Lipinski definition) is 0. The summed E-state index contributed by atoms with van der Waals surface area (Å²) in [5.41, 5.74) is 1.45. The van der Waals surface area contributed by atoms with Crippen LogP contribution in [0.15, 0.2) is 59.9 Å². The summed E-state index contributed by atoms with van der Waals surface area (Å²) in [6.07, 6.45) is 4.42. The van der Waals surface area contributed by atoms with Gasteiger partial charge in [-0.15, -0.1) is 5.10 Å². The van der Waals surface area contributed by atoms with Crippen molar-refractivity contribution in [1.82, 2.24) is 14.6 Å². The maximum absolute atomic E-state index is 12.9. The Morgan fingerprint density at radius 3 is 2.58 bits per heavy atom. The van der Waals surface area contributed by atoms with Crippen LogP contribution < -0.4 is 24.3 Å². The van der Waals surface area contributed by atoms with Crippen LogP contribution in [0.1, 0.15) is 25.8 Å². The van der Waals surface area contributed by atoms with Gasteiger partial charge in [0.2, 0.25) is 4.96 Å². The lowest BCUT2D eigenvalue weighted by atomic mass is 10.2. The van der Waals surface area contributed by atoms with Gasteiger partial charge < -0.3 is 14.2 Å². The van der Waals surface area contributed by atoms with E-state index in [0.717, 1.165) is 23.3 Å². The topological polar surface area (TPSA) is 75.0 Å². The van der Waals surface area contributed by atoms with E-state index >= 15 is 0 Å². The molecule has 0 saturated carbocycles. The molecule has 0 radical (unpaired) electrons. The van der Waals surface area contributed by atoms with E-state index in [4.69, 9.17) is 14.2 Å². The SMILES string of the molecule is C=CCOc1ccc(-c2nc3s/c(=C/c4ccc(OCCC)c(OCC)c4)c(=O)n3n2)cc1. The summed E-state index contributed by atoms with van der Waals surface area (Å²) in [5.74, 6) is 2.59. The third-order valence-electron chi connectivity index (χ3n) is 4.69. The summed E-state index contributed by atoms with van der Waals surface area (Å²) in [6, 6.07) is 13.1. The zero-order chi connectivity index (χ0) is 23.2. The van der Waals surface area contributed by atoms with Gasteiger partial charge in [0.25, 0.3) is 5.56 Å². The van der Waals surface area contributed by atoms with Gasteiger partial charge in [0, 0.05) is 5.56 Å². The first-order valence-electron chi connectivity index (χ1n) is 10.8. The molecule has 0 N–H and O–H groups in total.